The molecule has 0 spiro atoms. The zero-order valence-electron chi connectivity index (χ0n) is 14.9. The second kappa shape index (κ2) is 9.72. The summed E-state index contributed by atoms with van der Waals surface area (Å²) in [6, 6.07) is 6.79. The summed E-state index contributed by atoms with van der Waals surface area (Å²) in [5, 5.41) is 2.74. The van der Waals surface area contributed by atoms with E-state index >= 15 is 0 Å². The van der Waals surface area contributed by atoms with Crippen LogP contribution in [0.4, 0.5) is 4.79 Å². The van der Waals surface area contributed by atoms with Gasteiger partial charge in [-0.3, -0.25) is 24.3 Å². The fourth-order valence-electron chi connectivity index (χ4n) is 2.21. The predicted molar refractivity (Wildman–Crippen MR) is 98.5 cm³/mol. The number of hydrogen-bond donors (Lipinski definition) is 1. The number of para-hydroxylation sites is 1. The van der Waals surface area contributed by atoms with Gasteiger partial charge in [-0.1, -0.05) is 23.9 Å². The molecule has 2 amide bonds. The van der Waals surface area contributed by atoms with Crippen molar-refractivity contribution in [2.45, 2.75) is 25.0 Å². The van der Waals surface area contributed by atoms with E-state index < -0.39 is 18.0 Å². The maximum Gasteiger partial charge on any atom is 0.413 e. The molecular formula is C17H19N3O6S. The van der Waals surface area contributed by atoms with Crippen molar-refractivity contribution < 1.29 is 23.9 Å². The highest BCUT2D eigenvalue weighted by atomic mass is 32.2. The number of hydrogen-bond acceptors (Lipinski definition) is 8. The Morgan fingerprint density at radius 3 is 2.70 bits per heavy atom. The molecule has 0 aliphatic heterocycles. The number of amides is 2. The van der Waals surface area contributed by atoms with Gasteiger partial charge in [0.25, 0.3) is 5.56 Å². The third-order valence-corrected chi connectivity index (χ3v) is 4.42. The molecule has 9 nitrogen and oxygen atoms in total. The van der Waals surface area contributed by atoms with Crippen LogP contribution in [-0.4, -0.2) is 47.0 Å². The average molecular weight is 393 g/mol. The van der Waals surface area contributed by atoms with Crippen LogP contribution >= 0.6 is 11.8 Å². The molecular weight excluding hydrogens is 374 g/mol. The smallest absolute Gasteiger partial charge is 0.413 e. The van der Waals surface area contributed by atoms with Gasteiger partial charge in [0.15, 0.2) is 5.16 Å². The van der Waals surface area contributed by atoms with E-state index in [2.05, 4.69) is 19.8 Å². The summed E-state index contributed by atoms with van der Waals surface area (Å²) in [5.41, 5.74) is 0.155. The quantitative estimate of drug-likeness (QED) is 0.425. The number of fused-ring (bicyclic) bond motifs is 1. The van der Waals surface area contributed by atoms with E-state index in [1.807, 2.05) is 0 Å². The maximum atomic E-state index is 12.7. The molecule has 27 heavy (non-hydrogen) atoms. The fourth-order valence-corrected chi connectivity index (χ4v) is 3.03. The Bertz CT molecular complexity index is 911. The van der Waals surface area contributed by atoms with Gasteiger partial charge in [-0.15, -0.1) is 0 Å². The Hall–Kier alpha value is -2.88. The van der Waals surface area contributed by atoms with Crippen molar-refractivity contribution in [1.82, 2.24) is 14.9 Å². The molecule has 0 fully saturated rings. The molecule has 0 aliphatic rings. The Kier molecular flexibility index (Phi) is 7.35. The Morgan fingerprint density at radius 2 is 2.00 bits per heavy atom. The molecule has 0 unspecified atom stereocenters. The Labute approximate surface area is 159 Å². The lowest BCUT2D eigenvalue weighted by Gasteiger charge is -2.12. The van der Waals surface area contributed by atoms with Crippen molar-refractivity contribution in [3.05, 3.63) is 34.6 Å². The number of esters is 1. The highest BCUT2D eigenvalue weighted by Gasteiger charge is 2.15. The third-order valence-electron chi connectivity index (χ3n) is 3.44. The van der Waals surface area contributed by atoms with Gasteiger partial charge in [0.05, 0.1) is 36.8 Å². The van der Waals surface area contributed by atoms with Crippen molar-refractivity contribution in [1.29, 1.82) is 0 Å². The summed E-state index contributed by atoms with van der Waals surface area (Å²) >= 11 is 0.983. The van der Waals surface area contributed by atoms with Gasteiger partial charge in [0.2, 0.25) is 5.91 Å². The number of carbonyl (C=O) groups excluding carboxylic acids is 3. The lowest BCUT2D eigenvalue weighted by Crippen LogP contribution is -2.32. The molecule has 1 heterocycles. The second-order valence-electron chi connectivity index (χ2n) is 5.25. The molecule has 0 saturated heterocycles. The Balaban J connectivity index is 2.24. The van der Waals surface area contributed by atoms with Gasteiger partial charge >= 0.3 is 12.1 Å². The summed E-state index contributed by atoms with van der Waals surface area (Å²) in [7, 11) is 1.26. The van der Waals surface area contributed by atoms with E-state index in [4.69, 9.17) is 0 Å². The van der Waals surface area contributed by atoms with E-state index in [0.29, 0.717) is 10.9 Å². The van der Waals surface area contributed by atoms with E-state index in [0.717, 1.165) is 11.8 Å². The van der Waals surface area contributed by atoms with Crippen LogP contribution in [0.25, 0.3) is 10.9 Å². The molecule has 10 heteroatoms. The number of benzene rings is 1. The number of ether oxygens (including phenoxy) is 2. The van der Waals surface area contributed by atoms with Crippen LogP contribution in [0.3, 0.4) is 0 Å². The van der Waals surface area contributed by atoms with Crippen molar-refractivity contribution in [2.75, 3.05) is 19.5 Å². The normalized spacial score (nSPS) is 10.4. The van der Waals surface area contributed by atoms with Crippen LogP contribution in [0, 0.1) is 0 Å². The van der Waals surface area contributed by atoms with Crippen LogP contribution in [0.5, 0.6) is 0 Å². The van der Waals surface area contributed by atoms with Crippen LogP contribution in [0.2, 0.25) is 0 Å². The van der Waals surface area contributed by atoms with Crippen LogP contribution < -0.4 is 10.9 Å². The zero-order chi connectivity index (χ0) is 19.8. The largest absolute Gasteiger partial charge is 0.469 e. The highest BCUT2D eigenvalue weighted by molar-refractivity contribution is 7.99. The number of carbonyl (C=O) groups is 3. The lowest BCUT2D eigenvalue weighted by atomic mass is 10.2. The number of methoxy groups -OCH3 is 1. The van der Waals surface area contributed by atoms with E-state index in [-0.39, 0.29) is 36.0 Å². The number of thioether (sulfide) groups is 1. The first-order valence-electron chi connectivity index (χ1n) is 8.12. The van der Waals surface area contributed by atoms with Gasteiger partial charge in [-0.05, 0) is 19.1 Å². The predicted octanol–water partition coefficient (Wildman–Crippen LogP) is 1.32. The van der Waals surface area contributed by atoms with E-state index in [1.165, 1.54) is 11.7 Å². The molecule has 0 bridgehead atoms. The monoisotopic (exact) mass is 393 g/mol. The van der Waals surface area contributed by atoms with Crippen molar-refractivity contribution in [3.63, 3.8) is 0 Å². The number of aromatic nitrogens is 2. The minimum Gasteiger partial charge on any atom is -0.469 e. The topological polar surface area (TPSA) is 117 Å². The second-order valence-corrected chi connectivity index (χ2v) is 6.19. The molecule has 0 saturated carbocycles. The lowest BCUT2D eigenvalue weighted by molar-refractivity contribution is -0.140. The molecule has 2 aromatic rings. The third kappa shape index (κ3) is 5.55. The number of rotatable bonds is 7. The van der Waals surface area contributed by atoms with Crippen molar-refractivity contribution in [3.8, 4) is 0 Å². The molecule has 1 aromatic carbocycles. The first kappa shape index (κ1) is 20.4. The number of nitrogens with one attached hydrogen (secondary N) is 1. The number of nitrogens with zero attached hydrogens (tertiary/aromatic N) is 2. The summed E-state index contributed by atoms with van der Waals surface area (Å²) in [6.45, 7) is 1.83. The van der Waals surface area contributed by atoms with Gasteiger partial charge in [0.1, 0.15) is 0 Å². The van der Waals surface area contributed by atoms with Gasteiger partial charge in [-0.25, -0.2) is 9.78 Å². The first-order valence-corrected chi connectivity index (χ1v) is 9.10. The van der Waals surface area contributed by atoms with E-state index in [1.54, 1.807) is 31.2 Å². The summed E-state index contributed by atoms with van der Waals surface area (Å²) in [6.07, 6.45) is -0.850. The maximum absolute atomic E-state index is 12.7. The zero-order valence-corrected chi connectivity index (χ0v) is 15.7. The number of imide groups is 1. The molecule has 2 rings (SSSR count). The minimum absolute atomic E-state index is 0.0149. The summed E-state index contributed by atoms with van der Waals surface area (Å²) in [5.74, 6) is -1.20. The van der Waals surface area contributed by atoms with Crippen LogP contribution in [0.15, 0.2) is 34.2 Å². The standard InChI is InChI=1S/C17H19N3O6S/c1-3-26-17(24)19-13(21)10-27-16-18-12-7-5-4-6-11(12)15(23)20(16)9-8-14(22)25-2/h4-7H,3,8-10H2,1-2H3,(H,19,21,24). The molecule has 144 valence electrons. The molecule has 1 N–H and O–H groups in total. The van der Waals surface area contributed by atoms with Gasteiger partial charge in [0, 0.05) is 6.54 Å². The first-order chi connectivity index (χ1) is 13.0. The molecule has 0 aliphatic carbocycles. The fraction of sp³-hybridized carbons (Fsp3) is 0.353. The van der Waals surface area contributed by atoms with Gasteiger partial charge in [-0.2, -0.15) is 0 Å². The average Bonchev–Trinajstić information content (AvgIpc) is 2.65. The van der Waals surface area contributed by atoms with Crippen LogP contribution in [0.1, 0.15) is 13.3 Å². The summed E-state index contributed by atoms with van der Waals surface area (Å²) in [4.78, 5) is 51.7. The molecule has 1 aromatic heterocycles. The van der Waals surface area contributed by atoms with Crippen LogP contribution in [-0.2, 0) is 25.6 Å². The number of alkyl carbamates (subject to hydrolysis) is 1. The minimum atomic E-state index is -0.836. The van der Waals surface area contributed by atoms with Crippen molar-refractivity contribution >= 4 is 40.6 Å². The SMILES string of the molecule is CCOC(=O)NC(=O)CSc1nc2ccccc2c(=O)n1CCC(=O)OC. The van der Waals surface area contributed by atoms with Crippen molar-refractivity contribution in [2.24, 2.45) is 0 Å². The highest BCUT2D eigenvalue weighted by Crippen LogP contribution is 2.18. The van der Waals surface area contributed by atoms with E-state index in [9.17, 15) is 19.2 Å². The molecule has 0 radical (unpaired) electrons. The van der Waals surface area contributed by atoms with Gasteiger partial charge < -0.3 is 9.47 Å². The Morgan fingerprint density at radius 1 is 1.26 bits per heavy atom. The summed E-state index contributed by atoms with van der Waals surface area (Å²) < 4.78 is 10.6. The molecule has 0 atom stereocenters.